The summed E-state index contributed by atoms with van der Waals surface area (Å²) in [5, 5.41) is 8.17. The van der Waals surface area contributed by atoms with E-state index in [2.05, 4.69) is 10.4 Å². The second-order valence-corrected chi connectivity index (χ2v) is 6.89. The van der Waals surface area contributed by atoms with E-state index >= 15 is 0 Å². The summed E-state index contributed by atoms with van der Waals surface area (Å²) in [6.45, 7) is 7.18. The molecule has 6 nitrogen and oxygen atoms in total. The number of carbonyl (C=O) groups is 1. The zero-order valence-corrected chi connectivity index (χ0v) is 15.4. The van der Waals surface area contributed by atoms with Crippen LogP contribution in [0.4, 0.5) is 0 Å². The Kier molecular flexibility index (Phi) is 5.32. The Hall–Kier alpha value is -2.73. The van der Waals surface area contributed by atoms with Gasteiger partial charge in [-0.3, -0.25) is 4.79 Å². The summed E-state index contributed by atoms with van der Waals surface area (Å²) in [6, 6.07) is 11.9. The fourth-order valence-electron chi connectivity index (χ4n) is 2.79. The molecule has 6 heteroatoms. The predicted molar refractivity (Wildman–Crippen MR) is 104 cm³/mol. The van der Waals surface area contributed by atoms with Crippen LogP contribution in [0.1, 0.15) is 37.2 Å². The minimum Gasteiger partial charge on any atom is -0.352 e. The van der Waals surface area contributed by atoms with Crippen molar-refractivity contribution in [3.8, 4) is 11.3 Å². The average molecular weight is 351 g/mol. The second kappa shape index (κ2) is 7.66. The quantitative estimate of drug-likeness (QED) is 0.715. The molecule has 3 rings (SSSR count). The van der Waals surface area contributed by atoms with Crippen molar-refractivity contribution in [2.75, 3.05) is 13.1 Å². The maximum Gasteiger partial charge on any atom is 0.252 e. The van der Waals surface area contributed by atoms with Crippen LogP contribution in [0, 0.1) is 5.92 Å². The molecule has 0 aliphatic rings. The van der Waals surface area contributed by atoms with Crippen LogP contribution in [0.25, 0.3) is 22.3 Å². The lowest BCUT2D eigenvalue weighted by Crippen LogP contribution is -2.31. The summed E-state index contributed by atoms with van der Waals surface area (Å²) in [4.78, 5) is 17.6. The molecule has 3 N–H and O–H groups in total. The van der Waals surface area contributed by atoms with Gasteiger partial charge in [-0.25, -0.2) is 9.67 Å². The number of hydrogen-bond donors (Lipinski definition) is 2. The van der Waals surface area contributed by atoms with Crippen LogP contribution < -0.4 is 11.1 Å². The summed E-state index contributed by atoms with van der Waals surface area (Å²) in [5.74, 6) is 0.0986. The van der Waals surface area contributed by atoms with Gasteiger partial charge in [0.1, 0.15) is 0 Å². The van der Waals surface area contributed by atoms with Gasteiger partial charge in [0, 0.05) is 18.2 Å². The van der Waals surface area contributed by atoms with E-state index in [-0.39, 0.29) is 17.9 Å². The largest absolute Gasteiger partial charge is 0.352 e. The van der Waals surface area contributed by atoms with E-state index in [0.29, 0.717) is 18.7 Å². The fourth-order valence-corrected chi connectivity index (χ4v) is 2.79. The van der Waals surface area contributed by atoms with Crippen molar-refractivity contribution in [2.24, 2.45) is 11.7 Å². The summed E-state index contributed by atoms with van der Waals surface area (Å²) >= 11 is 0. The van der Waals surface area contributed by atoms with Gasteiger partial charge >= 0.3 is 0 Å². The molecule has 0 saturated carbocycles. The second-order valence-electron chi connectivity index (χ2n) is 6.89. The van der Waals surface area contributed by atoms with Gasteiger partial charge in [0.05, 0.1) is 22.8 Å². The van der Waals surface area contributed by atoms with E-state index in [9.17, 15) is 4.79 Å². The minimum atomic E-state index is -0.127. The Balaban J connectivity index is 2.10. The Labute approximate surface area is 153 Å². The fraction of sp³-hybridized carbons (Fsp3) is 0.350. The number of amides is 1. The molecule has 1 unspecified atom stereocenters. The smallest absolute Gasteiger partial charge is 0.252 e. The lowest BCUT2D eigenvalue weighted by Gasteiger charge is -2.13. The number of carbonyl (C=O) groups excluding carboxylic acids is 1. The predicted octanol–water partition coefficient (Wildman–Crippen LogP) is 3.00. The molecule has 1 aromatic carbocycles. The minimum absolute atomic E-state index is 0.127. The molecule has 0 radical (unpaired) electrons. The number of nitrogens with one attached hydrogen (secondary N) is 1. The van der Waals surface area contributed by atoms with Gasteiger partial charge in [-0.05, 0) is 32.4 Å². The van der Waals surface area contributed by atoms with Crippen LogP contribution in [0.3, 0.4) is 0 Å². The van der Waals surface area contributed by atoms with Crippen LogP contribution in [0.5, 0.6) is 0 Å². The molecule has 0 saturated heterocycles. The molecule has 26 heavy (non-hydrogen) atoms. The number of nitrogens with zero attached hydrogens (tertiary/aromatic N) is 3. The molecule has 0 spiro atoms. The summed E-state index contributed by atoms with van der Waals surface area (Å²) in [5.41, 5.74) is 8.69. The van der Waals surface area contributed by atoms with Crippen LogP contribution in [0.15, 0.2) is 42.6 Å². The molecule has 3 aromatic rings. The van der Waals surface area contributed by atoms with Gasteiger partial charge in [0.25, 0.3) is 5.91 Å². The first-order valence-electron chi connectivity index (χ1n) is 8.93. The standard InChI is InChI=1S/C20H25N5O/c1-13(2)25-19-17(12-23-25)16(20(26)22-11-14(3)10-21)9-18(24-19)15-7-5-4-6-8-15/h4-9,12-14H,10-11,21H2,1-3H3,(H,22,26). The highest BCUT2D eigenvalue weighted by atomic mass is 16.1. The van der Waals surface area contributed by atoms with Crippen molar-refractivity contribution < 1.29 is 4.79 Å². The van der Waals surface area contributed by atoms with Crippen molar-refractivity contribution in [3.05, 3.63) is 48.2 Å². The van der Waals surface area contributed by atoms with Gasteiger partial charge in [0.2, 0.25) is 0 Å². The number of rotatable bonds is 6. The number of benzene rings is 1. The summed E-state index contributed by atoms with van der Waals surface area (Å²) in [7, 11) is 0. The normalized spacial score (nSPS) is 12.5. The number of pyridine rings is 1. The third-order valence-corrected chi connectivity index (χ3v) is 4.38. The SMILES string of the molecule is CC(CN)CNC(=O)c1cc(-c2ccccc2)nc2c1cnn2C(C)C. The molecule has 1 amide bonds. The molecular formula is C20H25N5O. The number of aromatic nitrogens is 3. The lowest BCUT2D eigenvalue weighted by molar-refractivity contribution is 0.0950. The number of hydrogen-bond acceptors (Lipinski definition) is 4. The first-order valence-corrected chi connectivity index (χ1v) is 8.93. The molecule has 2 heterocycles. The third-order valence-electron chi connectivity index (χ3n) is 4.38. The molecule has 0 fully saturated rings. The first kappa shape index (κ1) is 18.1. The highest BCUT2D eigenvalue weighted by Crippen LogP contribution is 2.26. The number of nitrogens with two attached hydrogens (primary N) is 1. The Morgan fingerprint density at radius 3 is 2.62 bits per heavy atom. The number of fused-ring (bicyclic) bond motifs is 1. The summed E-state index contributed by atoms with van der Waals surface area (Å²) < 4.78 is 1.85. The van der Waals surface area contributed by atoms with Crippen LogP contribution in [0.2, 0.25) is 0 Å². The molecular weight excluding hydrogens is 326 g/mol. The monoisotopic (exact) mass is 351 g/mol. The van der Waals surface area contributed by atoms with Crippen molar-refractivity contribution >= 4 is 16.9 Å². The lowest BCUT2D eigenvalue weighted by atomic mass is 10.1. The maximum absolute atomic E-state index is 12.8. The first-order chi connectivity index (χ1) is 12.5. The van der Waals surface area contributed by atoms with E-state index in [4.69, 9.17) is 10.7 Å². The Morgan fingerprint density at radius 2 is 1.96 bits per heavy atom. The van der Waals surface area contributed by atoms with Crippen molar-refractivity contribution in [2.45, 2.75) is 26.8 Å². The Bertz CT molecular complexity index is 901. The van der Waals surface area contributed by atoms with Gasteiger partial charge < -0.3 is 11.1 Å². The summed E-state index contributed by atoms with van der Waals surface area (Å²) in [6.07, 6.45) is 1.72. The molecule has 1 atom stereocenters. The molecule has 136 valence electrons. The van der Waals surface area contributed by atoms with Crippen LogP contribution in [-0.4, -0.2) is 33.8 Å². The molecule has 0 aliphatic heterocycles. The molecule has 0 aliphatic carbocycles. The maximum atomic E-state index is 12.8. The van der Waals surface area contributed by atoms with Crippen molar-refractivity contribution in [3.63, 3.8) is 0 Å². The van der Waals surface area contributed by atoms with E-state index < -0.39 is 0 Å². The zero-order chi connectivity index (χ0) is 18.7. The van der Waals surface area contributed by atoms with Crippen LogP contribution >= 0.6 is 0 Å². The third kappa shape index (κ3) is 3.60. The van der Waals surface area contributed by atoms with E-state index in [1.54, 1.807) is 6.20 Å². The van der Waals surface area contributed by atoms with Crippen LogP contribution in [-0.2, 0) is 0 Å². The Morgan fingerprint density at radius 1 is 1.23 bits per heavy atom. The highest BCUT2D eigenvalue weighted by molar-refractivity contribution is 6.06. The van der Waals surface area contributed by atoms with Crippen molar-refractivity contribution in [1.82, 2.24) is 20.1 Å². The zero-order valence-electron chi connectivity index (χ0n) is 15.4. The van der Waals surface area contributed by atoms with Gasteiger partial charge in [-0.1, -0.05) is 37.3 Å². The van der Waals surface area contributed by atoms with Gasteiger partial charge in [-0.15, -0.1) is 0 Å². The highest BCUT2D eigenvalue weighted by Gasteiger charge is 2.18. The topological polar surface area (TPSA) is 85.8 Å². The molecule has 0 bridgehead atoms. The van der Waals surface area contributed by atoms with E-state index in [1.165, 1.54) is 0 Å². The van der Waals surface area contributed by atoms with E-state index in [0.717, 1.165) is 22.3 Å². The molecule has 2 aromatic heterocycles. The van der Waals surface area contributed by atoms with Gasteiger partial charge in [0.15, 0.2) is 5.65 Å². The average Bonchev–Trinajstić information content (AvgIpc) is 3.10. The van der Waals surface area contributed by atoms with E-state index in [1.807, 2.05) is 61.9 Å². The van der Waals surface area contributed by atoms with Gasteiger partial charge in [-0.2, -0.15) is 5.10 Å². The van der Waals surface area contributed by atoms with Crippen molar-refractivity contribution in [1.29, 1.82) is 0 Å².